The van der Waals surface area contributed by atoms with E-state index in [1.165, 1.54) is 4.90 Å². The van der Waals surface area contributed by atoms with Crippen molar-refractivity contribution in [1.29, 1.82) is 0 Å². The molecule has 1 fully saturated rings. The summed E-state index contributed by atoms with van der Waals surface area (Å²) in [5.41, 5.74) is 0.743. The SMILES string of the molecule is Cc1cc(N2C(=O)[C@@H](c3cccc(Br)c3)N(C)C2=O)no1. The minimum absolute atomic E-state index is 0.215. The predicted molar refractivity (Wildman–Crippen MR) is 78.8 cm³/mol. The van der Waals surface area contributed by atoms with Crippen LogP contribution in [0.4, 0.5) is 10.6 Å². The summed E-state index contributed by atoms with van der Waals surface area (Å²) in [6.45, 7) is 1.71. The molecule has 0 bridgehead atoms. The quantitative estimate of drug-likeness (QED) is 0.781. The van der Waals surface area contributed by atoms with Crippen LogP contribution >= 0.6 is 15.9 Å². The number of urea groups is 1. The minimum atomic E-state index is -0.660. The molecule has 2 heterocycles. The van der Waals surface area contributed by atoms with Crippen LogP contribution in [-0.2, 0) is 4.79 Å². The van der Waals surface area contributed by atoms with Crippen LogP contribution in [0.2, 0.25) is 0 Å². The Morgan fingerprint density at radius 1 is 1.29 bits per heavy atom. The number of amides is 3. The summed E-state index contributed by atoms with van der Waals surface area (Å²) in [6.07, 6.45) is 0. The normalized spacial score (nSPS) is 18.7. The summed E-state index contributed by atoms with van der Waals surface area (Å²) in [4.78, 5) is 27.4. The molecule has 1 aromatic heterocycles. The van der Waals surface area contributed by atoms with E-state index in [9.17, 15) is 9.59 Å². The zero-order chi connectivity index (χ0) is 15.1. The minimum Gasteiger partial charge on any atom is -0.360 e. The molecule has 0 radical (unpaired) electrons. The van der Waals surface area contributed by atoms with Gasteiger partial charge in [-0.1, -0.05) is 33.2 Å². The van der Waals surface area contributed by atoms with Crippen LogP contribution in [0.25, 0.3) is 0 Å². The van der Waals surface area contributed by atoms with Gasteiger partial charge in [0, 0.05) is 17.6 Å². The molecule has 108 valence electrons. The monoisotopic (exact) mass is 349 g/mol. The Morgan fingerprint density at radius 2 is 2.05 bits per heavy atom. The largest absolute Gasteiger partial charge is 0.360 e. The van der Waals surface area contributed by atoms with Gasteiger partial charge in [-0.3, -0.25) is 4.79 Å². The number of carbonyl (C=O) groups excluding carboxylic acids is 2. The average molecular weight is 350 g/mol. The molecule has 2 aromatic rings. The number of carbonyl (C=O) groups is 2. The molecule has 0 saturated carbocycles. The van der Waals surface area contributed by atoms with Crippen LogP contribution in [-0.4, -0.2) is 29.0 Å². The molecule has 3 amide bonds. The van der Waals surface area contributed by atoms with Crippen molar-refractivity contribution in [3.8, 4) is 0 Å². The maximum atomic E-state index is 12.6. The zero-order valence-electron chi connectivity index (χ0n) is 11.4. The van der Waals surface area contributed by atoms with Gasteiger partial charge >= 0.3 is 6.03 Å². The summed E-state index contributed by atoms with van der Waals surface area (Å²) in [5.74, 6) is 0.417. The van der Waals surface area contributed by atoms with Crippen LogP contribution in [0.1, 0.15) is 17.4 Å². The van der Waals surface area contributed by atoms with Crippen molar-refractivity contribution in [2.45, 2.75) is 13.0 Å². The molecule has 0 N–H and O–H groups in total. The number of likely N-dealkylation sites (N-methyl/N-ethyl adjacent to an activating group) is 1. The molecule has 1 saturated heterocycles. The molecule has 1 aromatic carbocycles. The highest BCUT2D eigenvalue weighted by Gasteiger charge is 2.46. The van der Waals surface area contributed by atoms with Gasteiger partial charge in [0.2, 0.25) is 0 Å². The first-order chi connectivity index (χ1) is 9.99. The summed E-state index contributed by atoms with van der Waals surface area (Å²) in [6, 6.07) is 7.81. The highest BCUT2D eigenvalue weighted by Crippen LogP contribution is 2.33. The first-order valence-electron chi connectivity index (χ1n) is 6.28. The van der Waals surface area contributed by atoms with Gasteiger partial charge in [-0.15, -0.1) is 0 Å². The van der Waals surface area contributed by atoms with Gasteiger partial charge in [0.1, 0.15) is 11.8 Å². The Morgan fingerprint density at radius 3 is 2.67 bits per heavy atom. The van der Waals surface area contributed by atoms with E-state index in [4.69, 9.17) is 4.52 Å². The van der Waals surface area contributed by atoms with Crippen molar-refractivity contribution in [3.05, 3.63) is 46.1 Å². The van der Waals surface area contributed by atoms with E-state index in [0.29, 0.717) is 5.76 Å². The second-order valence-corrected chi connectivity index (χ2v) is 5.74. The molecular formula is C14H12BrN3O3. The smallest absolute Gasteiger partial charge is 0.333 e. The van der Waals surface area contributed by atoms with E-state index in [1.807, 2.05) is 24.3 Å². The first-order valence-corrected chi connectivity index (χ1v) is 7.08. The van der Waals surface area contributed by atoms with Crippen molar-refractivity contribution in [3.63, 3.8) is 0 Å². The van der Waals surface area contributed by atoms with Crippen molar-refractivity contribution in [2.24, 2.45) is 0 Å². The standard InChI is InChI=1S/C14H12BrN3O3/c1-8-6-11(16-21-8)18-13(19)12(17(2)14(18)20)9-4-3-5-10(15)7-9/h3-7,12H,1-2H3/t12-/m1/s1. The third kappa shape index (κ3) is 2.23. The summed E-state index contributed by atoms with van der Waals surface area (Å²) in [7, 11) is 1.60. The number of anilines is 1. The molecular weight excluding hydrogens is 338 g/mol. The molecule has 1 atom stereocenters. The van der Waals surface area contributed by atoms with Gasteiger partial charge in [0.05, 0.1) is 0 Å². The number of halogens is 1. The number of benzene rings is 1. The van der Waals surface area contributed by atoms with Crippen molar-refractivity contribution in [2.75, 3.05) is 11.9 Å². The molecule has 1 aliphatic rings. The second kappa shape index (κ2) is 5.00. The van der Waals surface area contributed by atoms with E-state index >= 15 is 0 Å². The number of hydrogen-bond donors (Lipinski definition) is 0. The van der Waals surface area contributed by atoms with Crippen molar-refractivity contribution < 1.29 is 14.1 Å². The van der Waals surface area contributed by atoms with Crippen LogP contribution in [0.15, 0.2) is 39.3 Å². The number of hydrogen-bond acceptors (Lipinski definition) is 4. The zero-order valence-corrected chi connectivity index (χ0v) is 13.0. The topological polar surface area (TPSA) is 66.7 Å². The van der Waals surface area contributed by atoms with Gasteiger partial charge in [0.25, 0.3) is 5.91 Å². The van der Waals surface area contributed by atoms with Crippen LogP contribution in [0.3, 0.4) is 0 Å². The van der Waals surface area contributed by atoms with E-state index in [0.717, 1.165) is 14.9 Å². The Balaban J connectivity index is 2.01. The molecule has 21 heavy (non-hydrogen) atoms. The van der Waals surface area contributed by atoms with Gasteiger partial charge in [0.15, 0.2) is 5.82 Å². The number of imide groups is 1. The fraction of sp³-hybridized carbons (Fsp3) is 0.214. The Hall–Kier alpha value is -2.15. The van der Waals surface area contributed by atoms with E-state index in [2.05, 4.69) is 21.1 Å². The second-order valence-electron chi connectivity index (χ2n) is 4.82. The van der Waals surface area contributed by atoms with Crippen LogP contribution < -0.4 is 4.90 Å². The molecule has 3 rings (SSSR count). The van der Waals surface area contributed by atoms with Crippen LogP contribution in [0.5, 0.6) is 0 Å². The highest BCUT2D eigenvalue weighted by atomic mass is 79.9. The van der Waals surface area contributed by atoms with Crippen molar-refractivity contribution in [1.82, 2.24) is 10.1 Å². The van der Waals surface area contributed by atoms with E-state index < -0.39 is 12.1 Å². The van der Waals surface area contributed by atoms with E-state index in [-0.39, 0.29) is 11.7 Å². The molecule has 0 spiro atoms. The number of nitrogens with zero attached hydrogens (tertiary/aromatic N) is 3. The Kier molecular flexibility index (Phi) is 3.29. The number of rotatable bonds is 2. The average Bonchev–Trinajstić information content (AvgIpc) is 2.93. The Bertz CT molecular complexity index is 728. The van der Waals surface area contributed by atoms with Gasteiger partial charge in [-0.05, 0) is 24.6 Å². The van der Waals surface area contributed by atoms with Crippen LogP contribution in [0, 0.1) is 6.92 Å². The van der Waals surface area contributed by atoms with Gasteiger partial charge in [-0.25, -0.2) is 9.69 Å². The summed E-state index contributed by atoms with van der Waals surface area (Å²) >= 11 is 3.37. The molecule has 7 heteroatoms. The third-order valence-electron chi connectivity index (χ3n) is 3.34. The fourth-order valence-corrected chi connectivity index (χ4v) is 2.78. The third-order valence-corrected chi connectivity index (χ3v) is 3.84. The molecule has 0 aliphatic carbocycles. The maximum absolute atomic E-state index is 12.6. The fourth-order valence-electron chi connectivity index (χ4n) is 2.36. The lowest BCUT2D eigenvalue weighted by atomic mass is 10.1. The van der Waals surface area contributed by atoms with E-state index in [1.54, 1.807) is 20.0 Å². The maximum Gasteiger partial charge on any atom is 0.333 e. The molecule has 6 nitrogen and oxygen atoms in total. The van der Waals surface area contributed by atoms with Gasteiger partial charge < -0.3 is 9.42 Å². The molecule has 0 unspecified atom stereocenters. The predicted octanol–water partition coefficient (Wildman–Crippen LogP) is 2.89. The summed E-state index contributed by atoms with van der Waals surface area (Å²) in [5, 5.41) is 3.75. The van der Waals surface area contributed by atoms with Gasteiger partial charge in [-0.2, -0.15) is 0 Å². The lowest BCUT2D eigenvalue weighted by molar-refractivity contribution is -0.119. The van der Waals surface area contributed by atoms with Crippen molar-refractivity contribution >= 4 is 33.7 Å². The molecule has 1 aliphatic heterocycles. The Labute approximate surface area is 129 Å². The first kappa shape index (κ1) is 13.8. The lowest BCUT2D eigenvalue weighted by Gasteiger charge is -2.16. The number of aromatic nitrogens is 1. The lowest BCUT2D eigenvalue weighted by Crippen LogP contribution is -2.31. The highest BCUT2D eigenvalue weighted by molar-refractivity contribution is 9.10. The number of aryl methyl sites for hydroxylation is 1. The summed E-state index contributed by atoms with van der Waals surface area (Å²) < 4.78 is 5.80.